The molecule has 0 spiro atoms. The summed E-state index contributed by atoms with van der Waals surface area (Å²) >= 11 is 0. The first-order valence-corrected chi connectivity index (χ1v) is 9.91. The van der Waals surface area contributed by atoms with Crippen molar-refractivity contribution in [2.75, 3.05) is 53.9 Å². The second-order valence-electron chi connectivity index (χ2n) is 7.03. The van der Waals surface area contributed by atoms with Crippen LogP contribution in [-0.4, -0.2) is 64.7 Å². The number of hydrogen-bond donors (Lipinski definition) is 1. The van der Waals surface area contributed by atoms with Gasteiger partial charge >= 0.3 is 0 Å². The number of benzene rings is 2. The van der Waals surface area contributed by atoms with E-state index in [4.69, 9.17) is 23.7 Å². The van der Waals surface area contributed by atoms with Crippen LogP contribution in [0.25, 0.3) is 0 Å². The van der Waals surface area contributed by atoms with Crippen molar-refractivity contribution >= 4 is 5.91 Å². The Kier molecular flexibility index (Phi) is 6.25. The summed E-state index contributed by atoms with van der Waals surface area (Å²) in [7, 11) is 3.23. The Morgan fingerprint density at radius 2 is 1.90 bits per heavy atom. The lowest BCUT2D eigenvalue weighted by Crippen LogP contribution is -2.43. The van der Waals surface area contributed by atoms with E-state index in [1.165, 1.54) is 0 Å². The monoisotopic (exact) mass is 414 g/mol. The molecule has 1 amide bonds. The predicted octanol–water partition coefficient (Wildman–Crippen LogP) is 2.24. The van der Waals surface area contributed by atoms with Crippen molar-refractivity contribution in [2.45, 2.75) is 6.04 Å². The zero-order valence-electron chi connectivity index (χ0n) is 17.2. The summed E-state index contributed by atoms with van der Waals surface area (Å²) in [4.78, 5) is 15.2. The topological polar surface area (TPSA) is 78.5 Å². The number of carbonyl (C=O) groups excluding carboxylic acids is 1. The number of morpholine rings is 1. The summed E-state index contributed by atoms with van der Waals surface area (Å²) in [5.41, 5.74) is 1.51. The maximum atomic E-state index is 12.9. The van der Waals surface area contributed by atoms with Gasteiger partial charge in [-0.2, -0.15) is 0 Å². The van der Waals surface area contributed by atoms with Gasteiger partial charge in [-0.25, -0.2) is 0 Å². The zero-order chi connectivity index (χ0) is 20.9. The molecule has 0 radical (unpaired) electrons. The number of hydrogen-bond acceptors (Lipinski definition) is 7. The molecule has 2 aliphatic rings. The third kappa shape index (κ3) is 4.15. The molecule has 8 heteroatoms. The van der Waals surface area contributed by atoms with Crippen molar-refractivity contribution in [1.82, 2.24) is 10.2 Å². The van der Waals surface area contributed by atoms with Crippen molar-refractivity contribution in [3.63, 3.8) is 0 Å². The van der Waals surface area contributed by atoms with Gasteiger partial charge in [0.15, 0.2) is 23.0 Å². The number of fused-ring (bicyclic) bond motifs is 1. The molecule has 0 bridgehead atoms. The van der Waals surface area contributed by atoms with E-state index in [9.17, 15) is 4.79 Å². The highest BCUT2D eigenvalue weighted by molar-refractivity contribution is 5.98. The number of para-hydroxylation sites is 1. The second-order valence-corrected chi connectivity index (χ2v) is 7.03. The number of nitrogens with one attached hydrogen (secondary N) is 1. The van der Waals surface area contributed by atoms with Crippen molar-refractivity contribution in [3.8, 4) is 23.0 Å². The lowest BCUT2D eigenvalue weighted by Gasteiger charge is -2.35. The summed E-state index contributed by atoms with van der Waals surface area (Å²) < 4.78 is 27.2. The normalized spacial score (nSPS) is 16.7. The van der Waals surface area contributed by atoms with Gasteiger partial charge in [0.25, 0.3) is 5.91 Å². The van der Waals surface area contributed by atoms with Crippen LogP contribution in [0.2, 0.25) is 0 Å². The lowest BCUT2D eigenvalue weighted by molar-refractivity contribution is 0.0162. The Labute approximate surface area is 175 Å². The molecule has 4 rings (SSSR count). The van der Waals surface area contributed by atoms with E-state index < -0.39 is 0 Å². The van der Waals surface area contributed by atoms with E-state index in [2.05, 4.69) is 10.2 Å². The van der Waals surface area contributed by atoms with E-state index in [0.717, 1.165) is 18.7 Å². The molecule has 0 aliphatic carbocycles. The SMILES string of the molecule is COc1ccc(C(CNC(=O)c2cccc3c2OCO3)N2CCOCC2)cc1OC. The van der Waals surface area contributed by atoms with E-state index in [-0.39, 0.29) is 18.7 Å². The maximum Gasteiger partial charge on any atom is 0.255 e. The maximum absolute atomic E-state index is 12.9. The van der Waals surface area contributed by atoms with Crippen molar-refractivity contribution in [3.05, 3.63) is 47.5 Å². The number of methoxy groups -OCH3 is 2. The minimum atomic E-state index is -0.198. The van der Waals surface area contributed by atoms with Gasteiger partial charge in [0.1, 0.15) is 0 Å². The van der Waals surface area contributed by atoms with Crippen LogP contribution in [0.15, 0.2) is 36.4 Å². The quantitative estimate of drug-likeness (QED) is 0.744. The summed E-state index contributed by atoms with van der Waals surface area (Å²) in [5.74, 6) is 2.21. The van der Waals surface area contributed by atoms with Crippen LogP contribution < -0.4 is 24.3 Å². The Balaban J connectivity index is 1.55. The highest BCUT2D eigenvalue weighted by Gasteiger charge is 2.26. The van der Waals surface area contributed by atoms with Crippen LogP contribution in [-0.2, 0) is 4.74 Å². The van der Waals surface area contributed by atoms with Crippen LogP contribution in [0, 0.1) is 0 Å². The molecule has 2 aromatic carbocycles. The van der Waals surface area contributed by atoms with Crippen molar-refractivity contribution < 1.29 is 28.5 Å². The Bertz CT molecular complexity index is 897. The number of rotatable bonds is 7. The van der Waals surface area contributed by atoms with Gasteiger partial charge in [0, 0.05) is 19.6 Å². The van der Waals surface area contributed by atoms with Crippen molar-refractivity contribution in [2.24, 2.45) is 0 Å². The fourth-order valence-corrected chi connectivity index (χ4v) is 3.80. The molecule has 30 heavy (non-hydrogen) atoms. The standard InChI is InChI=1S/C22H26N2O6/c1-26-18-7-6-15(12-20(18)27-2)17(24-8-10-28-11-9-24)13-23-22(25)16-4-3-5-19-21(16)30-14-29-19/h3-7,12,17H,8-11,13-14H2,1-2H3,(H,23,25). The third-order valence-corrected chi connectivity index (χ3v) is 5.38. The fourth-order valence-electron chi connectivity index (χ4n) is 3.80. The molecule has 2 aromatic rings. The second kappa shape index (κ2) is 9.23. The van der Waals surface area contributed by atoms with Crippen LogP contribution in [0.3, 0.4) is 0 Å². The average molecular weight is 414 g/mol. The fraction of sp³-hybridized carbons (Fsp3) is 0.409. The van der Waals surface area contributed by atoms with Crippen LogP contribution in [0.5, 0.6) is 23.0 Å². The van der Waals surface area contributed by atoms with Gasteiger partial charge in [-0.05, 0) is 29.8 Å². The van der Waals surface area contributed by atoms with Gasteiger partial charge in [-0.15, -0.1) is 0 Å². The molecule has 1 saturated heterocycles. The molecule has 160 valence electrons. The molecule has 2 aliphatic heterocycles. The Hall–Kier alpha value is -2.97. The van der Waals surface area contributed by atoms with E-state index >= 15 is 0 Å². The summed E-state index contributed by atoms with van der Waals surface area (Å²) in [6.45, 7) is 3.45. The smallest absolute Gasteiger partial charge is 0.255 e. The molecular formula is C22H26N2O6. The number of ether oxygens (including phenoxy) is 5. The van der Waals surface area contributed by atoms with E-state index in [1.807, 2.05) is 18.2 Å². The molecule has 0 aromatic heterocycles. The van der Waals surface area contributed by atoms with Gasteiger partial charge in [0.05, 0.1) is 39.0 Å². The first-order valence-electron chi connectivity index (χ1n) is 9.91. The Morgan fingerprint density at radius 1 is 1.10 bits per heavy atom. The van der Waals surface area contributed by atoms with Crippen LogP contribution >= 0.6 is 0 Å². The van der Waals surface area contributed by atoms with Gasteiger partial charge in [-0.1, -0.05) is 12.1 Å². The molecule has 2 heterocycles. The van der Waals surface area contributed by atoms with Crippen molar-refractivity contribution in [1.29, 1.82) is 0 Å². The number of nitrogens with zero attached hydrogens (tertiary/aromatic N) is 1. The third-order valence-electron chi connectivity index (χ3n) is 5.38. The van der Waals surface area contributed by atoms with Gasteiger partial charge < -0.3 is 29.0 Å². The summed E-state index contributed by atoms with van der Waals surface area (Å²) in [6, 6.07) is 11.1. The van der Waals surface area contributed by atoms with Gasteiger partial charge in [0.2, 0.25) is 6.79 Å². The molecule has 1 unspecified atom stereocenters. The van der Waals surface area contributed by atoms with Crippen LogP contribution in [0.4, 0.5) is 0 Å². The molecule has 0 saturated carbocycles. The zero-order valence-corrected chi connectivity index (χ0v) is 17.2. The minimum absolute atomic E-state index is 0.0356. The highest BCUT2D eigenvalue weighted by atomic mass is 16.7. The minimum Gasteiger partial charge on any atom is -0.493 e. The number of carbonyl (C=O) groups is 1. The first kappa shape index (κ1) is 20.3. The molecule has 1 atom stereocenters. The number of amides is 1. The lowest BCUT2D eigenvalue weighted by atomic mass is 10.0. The largest absolute Gasteiger partial charge is 0.493 e. The molecule has 8 nitrogen and oxygen atoms in total. The average Bonchev–Trinajstić information content (AvgIpc) is 3.28. The van der Waals surface area contributed by atoms with Gasteiger partial charge in [-0.3, -0.25) is 9.69 Å². The molecule has 1 fully saturated rings. The highest BCUT2D eigenvalue weighted by Crippen LogP contribution is 2.35. The Morgan fingerprint density at radius 3 is 2.67 bits per heavy atom. The van der Waals surface area contributed by atoms with E-state index in [0.29, 0.717) is 48.3 Å². The van der Waals surface area contributed by atoms with Crippen LogP contribution in [0.1, 0.15) is 22.0 Å². The summed E-state index contributed by atoms with van der Waals surface area (Å²) in [6.07, 6.45) is 0. The first-order chi connectivity index (χ1) is 14.7. The summed E-state index contributed by atoms with van der Waals surface area (Å²) in [5, 5.41) is 3.06. The molecular weight excluding hydrogens is 388 g/mol. The predicted molar refractivity (Wildman–Crippen MR) is 110 cm³/mol. The molecule has 1 N–H and O–H groups in total. The van der Waals surface area contributed by atoms with E-state index in [1.54, 1.807) is 32.4 Å².